The summed E-state index contributed by atoms with van der Waals surface area (Å²) in [6.07, 6.45) is 0. The summed E-state index contributed by atoms with van der Waals surface area (Å²) in [5, 5.41) is 0.485. The minimum atomic E-state index is -0.432. The van der Waals surface area contributed by atoms with Gasteiger partial charge in [0.05, 0.1) is 13.0 Å². The number of carbonyl (C=O) groups excluding carboxylic acids is 1. The van der Waals surface area contributed by atoms with Crippen LogP contribution < -0.4 is 11.2 Å². The fraction of sp³-hybridized carbons (Fsp3) is 0.500. The second-order valence-electron chi connectivity index (χ2n) is 4.68. The van der Waals surface area contributed by atoms with E-state index in [4.69, 9.17) is 0 Å². The number of esters is 1. The highest BCUT2D eigenvalue weighted by Gasteiger charge is 2.17. The van der Waals surface area contributed by atoms with Gasteiger partial charge in [0.1, 0.15) is 0 Å². The molecule has 2 heterocycles. The first-order valence-corrected chi connectivity index (χ1v) is 7.21. The Labute approximate surface area is 124 Å². The number of hydrogen-bond donors (Lipinski definition) is 1. The quantitative estimate of drug-likeness (QED) is 0.623. The van der Waals surface area contributed by atoms with Crippen molar-refractivity contribution in [3.05, 3.63) is 20.8 Å². The zero-order chi connectivity index (χ0) is 15.7. The molecule has 114 valence electrons. The van der Waals surface area contributed by atoms with Crippen molar-refractivity contribution in [3.8, 4) is 0 Å². The SMILES string of the molecule is COC(=O)C(C)CSc1nc2c([nH]1)c(=O)n(C)c(=O)n2C. The number of imidazole rings is 1. The first-order chi connectivity index (χ1) is 9.86. The number of nitrogens with one attached hydrogen (secondary N) is 1. The Balaban J connectivity index is 2.34. The van der Waals surface area contributed by atoms with Crippen LogP contribution in [0.2, 0.25) is 0 Å². The van der Waals surface area contributed by atoms with Gasteiger partial charge in [-0.3, -0.25) is 18.7 Å². The zero-order valence-corrected chi connectivity index (χ0v) is 13.0. The number of nitrogens with zero attached hydrogens (tertiary/aromatic N) is 3. The number of carbonyl (C=O) groups is 1. The fourth-order valence-electron chi connectivity index (χ4n) is 1.85. The van der Waals surface area contributed by atoms with Crippen LogP contribution in [0.1, 0.15) is 6.92 Å². The van der Waals surface area contributed by atoms with E-state index in [0.717, 1.165) is 4.57 Å². The van der Waals surface area contributed by atoms with Crippen LogP contribution in [-0.4, -0.2) is 37.9 Å². The number of thioether (sulfide) groups is 1. The summed E-state index contributed by atoms with van der Waals surface area (Å²) in [6.45, 7) is 1.75. The summed E-state index contributed by atoms with van der Waals surface area (Å²) < 4.78 is 6.97. The summed E-state index contributed by atoms with van der Waals surface area (Å²) in [4.78, 5) is 42.3. The molecule has 0 spiro atoms. The Hall–Kier alpha value is -2.03. The monoisotopic (exact) mass is 312 g/mol. The number of aromatic nitrogens is 4. The predicted octanol–water partition coefficient (Wildman–Crippen LogP) is -0.139. The van der Waals surface area contributed by atoms with E-state index in [9.17, 15) is 14.4 Å². The van der Waals surface area contributed by atoms with Crippen LogP contribution in [0.25, 0.3) is 11.2 Å². The smallest absolute Gasteiger partial charge is 0.332 e. The van der Waals surface area contributed by atoms with Crippen molar-refractivity contribution in [1.82, 2.24) is 19.1 Å². The number of fused-ring (bicyclic) bond motifs is 1. The molecule has 1 unspecified atom stereocenters. The molecule has 0 saturated heterocycles. The number of ether oxygens (including phenoxy) is 1. The van der Waals surface area contributed by atoms with Crippen molar-refractivity contribution in [1.29, 1.82) is 0 Å². The Morgan fingerprint density at radius 1 is 1.38 bits per heavy atom. The van der Waals surface area contributed by atoms with Crippen LogP contribution in [0, 0.1) is 5.92 Å². The lowest BCUT2D eigenvalue weighted by Gasteiger charge is -2.06. The number of rotatable bonds is 4. The molecule has 0 radical (unpaired) electrons. The van der Waals surface area contributed by atoms with Crippen LogP contribution in [0.15, 0.2) is 14.7 Å². The lowest BCUT2D eigenvalue weighted by Crippen LogP contribution is -2.36. The van der Waals surface area contributed by atoms with E-state index in [1.54, 1.807) is 14.0 Å². The largest absolute Gasteiger partial charge is 0.469 e. The Morgan fingerprint density at radius 2 is 2.05 bits per heavy atom. The van der Waals surface area contributed by atoms with Gasteiger partial charge < -0.3 is 9.72 Å². The summed E-state index contributed by atoms with van der Waals surface area (Å²) in [5.74, 6) is -0.136. The lowest BCUT2D eigenvalue weighted by molar-refractivity contribution is -0.143. The van der Waals surface area contributed by atoms with Gasteiger partial charge in [-0.2, -0.15) is 0 Å². The Morgan fingerprint density at radius 3 is 2.67 bits per heavy atom. The standard InChI is InChI=1S/C12H16N4O4S/c1-6(10(18)20-4)5-21-11-13-7-8(14-11)15(2)12(19)16(3)9(7)17/h6H,5H2,1-4H3,(H,13,14). The zero-order valence-electron chi connectivity index (χ0n) is 12.2. The molecule has 1 N–H and O–H groups in total. The van der Waals surface area contributed by atoms with Crippen molar-refractivity contribution in [3.63, 3.8) is 0 Å². The first-order valence-electron chi connectivity index (χ1n) is 6.23. The van der Waals surface area contributed by atoms with Crippen LogP contribution in [-0.2, 0) is 23.6 Å². The lowest BCUT2D eigenvalue weighted by atomic mass is 10.2. The van der Waals surface area contributed by atoms with Gasteiger partial charge in [-0.1, -0.05) is 18.7 Å². The average molecular weight is 312 g/mol. The predicted molar refractivity (Wildman–Crippen MR) is 78.5 cm³/mol. The first kappa shape index (κ1) is 15.4. The summed E-state index contributed by atoms with van der Waals surface area (Å²) >= 11 is 1.30. The molecule has 0 aliphatic heterocycles. The van der Waals surface area contributed by atoms with E-state index < -0.39 is 11.2 Å². The maximum atomic E-state index is 12.0. The highest BCUT2D eigenvalue weighted by Crippen LogP contribution is 2.19. The number of methoxy groups -OCH3 is 1. The van der Waals surface area contributed by atoms with Crippen LogP contribution in [0.4, 0.5) is 0 Å². The fourth-order valence-corrected chi connectivity index (χ4v) is 2.72. The molecule has 8 nitrogen and oxygen atoms in total. The third kappa shape index (κ3) is 2.73. The van der Waals surface area contributed by atoms with E-state index in [0.29, 0.717) is 16.6 Å². The molecular weight excluding hydrogens is 296 g/mol. The molecule has 2 aromatic heterocycles. The van der Waals surface area contributed by atoms with Crippen molar-refractivity contribution >= 4 is 28.9 Å². The third-order valence-corrected chi connectivity index (χ3v) is 4.28. The van der Waals surface area contributed by atoms with Gasteiger partial charge >= 0.3 is 11.7 Å². The van der Waals surface area contributed by atoms with E-state index in [2.05, 4.69) is 14.7 Å². The van der Waals surface area contributed by atoms with Crippen molar-refractivity contribution in [2.24, 2.45) is 20.0 Å². The minimum absolute atomic E-state index is 0.271. The van der Waals surface area contributed by atoms with Gasteiger partial charge in [-0.25, -0.2) is 9.78 Å². The highest BCUT2D eigenvalue weighted by atomic mass is 32.2. The number of aromatic amines is 1. The number of aryl methyl sites for hydroxylation is 1. The van der Waals surface area contributed by atoms with Crippen molar-refractivity contribution in [2.75, 3.05) is 12.9 Å². The van der Waals surface area contributed by atoms with Crippen LogP contribution >= 0.6 is 11.8 Å². The van der Waals surface area contributed by atoms with Gasteiger partial charge in [-0.15, -0.1) is 0 Å². The Kier molecular flexibility index (Phi) is 4.21. The van der Waals surface area contributed by atoms with E-state index >= 15 is 0 Å². The molecular formula is C12H16N4O4S. The Bertz CT molecular complexity index is 804. The van der Waals surface area contributed by atoms with E-state index in [-0.39, 0.29) is 17.4 Å². The minimum Gasteiger partial charge on any atom is -0.469 e. The van der Waals surface area contributed by atoms with Gasteiger partial charge in [0, 0.05) is 19.8 Å². The molecule has 0 fully saturated rings. The molecule has 0 aliphatic carbocycles. The second-order valence-corrected chi connectivity index (χ2v) is 5.69. The van der Waals surface area contributed by atoms with Gasteiger partial charge in [0.25, 0.3) is 5.56 Å². The third-order valence-electron chi connectivity index (χ3n) is 3.15. The topological polar surface area (TPSA) is 99.0 Å². The summed E-state index contributed by atoms with van der Waals surface area (Å²) in [7, 11) is 4.30. The second kappa shape index (κ2) is 5.76. The highest BCUT2D eigenvalue weighted by molar-refractivity contribution is 7.99. The van der Waals surface area contributed by atoms with Crippen LogP contribution in [0.3, 0.4) is 0 Å². The van der Waals surface area contributed by atoms with E-state index in [1.165, 1.54) is 30.5 Å². The van der Waals surface area contributed by atoms with Gasteiger partial charge in [0.15, 0.2) is 16.3 Å². The van der Waals surface area contributed by atoms with Gasteiger partial charge in [0.2, 0.25) is 0 Å². The molecule has 2 aromatic rings. The molecule has 21 heavy (non-hydrogen) atoms. The molecule has 1 atom stereocenters. The van der Waals surface area contributed by atoms with Crippen molar-refractivity contribution in [2.45, 2.75) is 12.1 Å². The van der Waals surface area contributed by atoms with Crippen LogP contribution in [0.5, 0.6) is 0 Å². The van der Waals surface area contributed by atoms with Gasteiger partial charge in [-0.05, 0) is 0 Å². The molecule has 0 amide bonds. The molecule has 2 rings (SSSR count). The maximum Gasteiger partial charge on any atom is 0.332 e. The number of H-pyrrole nitrogens is 1. The molecule has 0 bridgehead atoms. The average Bonchev–Trinajstić information content (AvgIpc) is 2.92. The summed E-state index contributed by atoms with van der Waals surface area (Å²) in [6, 6.07) is 0. The normalized spacial score (nSPS) is 12.6. The van der Waals surface area contributed by atoms with Crippen molar-refractivity contribution < 1.29 is 9.53 Å². The summed E-state index contributed by atoms with van der Waals surface area (Å²) in [5.41, 5.74) is -0.281. The molecule has 0 aliphatic rings. The molecule has 0 saturated carbocycles. The van der Waals surface area contributed by atoms with E-state index in [1.807, 2.05) is 0 Å². The number of hydrogen-bond acceptors (Lipinski definition) is 6. The maximum absolute atomic E-state index is 12.0. The molecule has 9 heteroatoms. The molecule has 0 aromatic carbocycles.